The number of hydrogen-bond acceptors (Lipinski definition) is 5. The maximum Gasteiger partial charge on any atom is 0.319 e. The van der Waals surface area contributed by atoms with Crippen molar-refractivity contribution in [3.8, 4) is 0 Å². The maximum absolute atomic E-state index is 14.4. The van der Waals surface area contributed by atoms with Crippen molar-refractivity contribution >= 4 is 17.4 Å². The lowest BCUT2D eigenvalue weighted by Crippen LogP contribution is -2.36. The van der Waals surface area contributed by atoms with Crippen LogP contribution in [0.25, 0.3) is 0 Å². The molecule has 1 aliphatic heterocycles. The van der Waals surface area contributed by atoms with Gasteiger partial charge in [0, 0.05) is 32.9 Å². The Morgan fingerprint density at radius 2 is 2.19 bits per heavy atom. The van der Waals surface area contributed by atoms with Crippen LogP contribution in [-0.2, 0) is 22.6 Å². The Labute approximate surface area is 157 Å². The van der Waals surface area contributed by atoms with Gasteiger partial charge < -0.3 is 25.0 Å². The normalized spacial score (nSPS) is 14.2. The summed E-state index contributed by atoms with van der Waals surface area (Å²) < 4.78 is 26.3. The Hall–Kier alpha value is -2.65. The van der Waals surface area contributed by atoms with Crippen molar-refractivity contribution in [3.63, 3.8) is 0 Å². The van der Waals surface area contributed by atoms with Crippen LogP contribution in [0.5, 0.6) is 0 Å². The second-order valence-corrected chi connectivity index (χ2v) is 6.18. The number of nitrogens with one attached hydrogen (secondary N) is 2. The zero-order valence-electron chi connectivity index (χ0n) is 15.3. The highest BCUT2D eigenvalue weighted by atomic mass is 19.1. The van der Waals surface area contributed by atoms with Crippen molar-refractivity contribution in [2.45, 2.75) is 13.1 Å². The molecule has 0 unspecified atom stereocenters. The van der Waals surface area contributed by atoms with Crippen molar-refractivity contribution < 1.29 is 18.7 Å². The van der Waals surface area contributed by atoms with E-state index in [9.17, 15) is 9.18 Å². The fourth-order valence-electron chi connectivity index (χ4n) is 2.81. The van der Waals surface area contributed by atoms with E-state index in [2.05, 4.69) is 15.7 Å². The monoisotopic (exact) mass is 377 g/mol. The van der Waals surface area contributed by atoms with Gasteiger partial charge >= 0.3 is 6.03 Å². The molecule has 27 heavy (non-hydrogen) atoms. The highest BCUT2D eigenvalue weighted by molar-refractivity contribution is 5.88. The van der Waals surface area contributed by atoms with Gasteiger partial charge in [0.2, 0.25) is 0 Å². The highest BCUT2D eigenvalue weighted by Gasteiger charge is 2.15. The topological polar surface area (TPSA) is 80.7 Å². The molecule has 1 saturated heterocycles. The smallest absolute Gasteiger partial charge is 0.319 e. The van der Waals surface area contributed by atoms with Crippen molar-refractivity contribution in [2.24, 2.45) is 0 Å². The minimum atomic E-state index is -0.376. The Kier molecular flexibility index (Phi) is 6.61. The van der Waals surface area contributed by atoms with Crippen LogP contribution < -0.4 is 15.5 Å². The fourth-order valence-corrected chi connectivity index (χ4v) is 2.81. The van der Waals surface area contributed by atoms with Gasteiger partial charge in [0.05, 0.1) is 43.9 Å². The van der Waals surface area contributed by atoms with E-state index in [-0.39, 0.29) is 18.4 Å². The van der Waals surface area contributed by atoms with Crippen molar-refractivity contribution in [1.29, 1.82) is 0 Å². The number of aromatic nitrogens is 2. The number of amides is 2. The van der Waals surface area contributed by atoms with Crippen LogP contribution in [-0.4, -0.2) is 55.8 Å². The molecule has 1 aliphatic rings. The first-order valence-electron chi connectivity index (χ1n) is 8.83. The number of rotatable bonds is 7. The summed E-state index contributed by atoms with van der Waals surface area (Å²) in [5.41, 5.74) is 1.84. The number of methoxy groups -OCH3 is 1. The molecule has 146 valence electrons. The summed E-state index contributed by atoms with van der Waals surface area (Å²) in [6, 6.07) is 4.64. The number of benzene rings is 1. The third-order valence-electron chi connectivity index (χ3n) is 4.23. The number of anilines is 2. The molecule has 3 rings (SSSR count). The SMILES string of the molecule is COCCn1cc(NC(=O)NCc2ccc(N3CCOCC3)c(F)c2)cn1. The third-order valence-corrected chi connectivity index (χ3v) is 4.23. The molecule has 0 aliphatic carbocycles. The lowest BCUT2D eigenvalue weighted by Gasteiger charge is -2.29. The molecule has 0 radical (unpaired) electrons. The van der Waals surface area contributed by atoms with E-state index in [1.807, 2.05) is 11.0 Å². The standard InChI is InChI=1S/C18H24FN5O3/c1-26-7-6-24-13-15(12-21-24)22-18(25)20-11-14-2-3-17(16(19)10-14)23-4-8-27-9-5-23/h2-3,10,12-13H,4-9,11H2,1H3,(H2,20,22,25). The summed E-state index contributed by atoms with van der Waals surface area (Å²) in [5, 5.41) is 9.53. The second-order valence-electron chi connectivity index (χ2n) is 6.18. The zero-order valence-corrected chi connectivity index (χ0v) is 15.3. The van der Waals surface area contributed by atoms with Crippen molar-refractivity contribution in [2.75, 3.05) is 50.2 Å². The molecule has 1 fully saturated rings. The van der Waals surface area contributed by atoms with Crippen LogP contribution in [0.15, 0.2) is 30.6 Å². The molecule has 2 amide bonds. The quantitative estimate of drug-likeness (QED) is 0.770. The molecule has 1 aromatic carbocycles. The second kappa shape index (κ2) is 9.33. The van der Waals surface area contributed by atoms with E-state index in [1.54, 1.807) is 30.3 Å². The van der Waals surface area contributed by atoms with E-state index in [0.29, 0.717) is 56.4 Å². The number of ether oxygens (including phenoxy) is 2. The minimum absolute atomic E-state index is 0.226. The first-order valence-corrected chi connectivity index (χ1v) is 8.83. The van der Waals surface area contributed by atoms with Gasteiger partial charge in [0.15, 0.2) is 0 Å². The van der Waals surface area contributed by atoms with E-state index in [1.165, 1.54) is 6.07 Å². The summed E-state index contributed by atoms with van der Waals surface area (Å²) in [7, 11) is 1.62. The molecule has 2 heterocycles. The van der Waals surface area contributed by atoms with Crippen LogP contribution in [0.3, 0.4) is 0 Å². The number of urea groups is 1. The van der Waals surface area contributed by atoms with Gasteiger partial charge in [0.1, 0.15) is 5.82 Å². The van der Waals surface area contributed by atoms with E-state index in [4.69, 9.17) is 9.47 Å². The summed E-state index contributed by atoms with van der Waals surface area (Å²) in [4.78, 5) is 14.0. The average molecular weight is 377 g/mol. The van der Waals surface area contributed by atoms with E-state index >= 15 is 0 Å². The fraction of sp³-hybridized carbons (Fsp3) is 0.444. The van der Waals surface area contributed by atoms with Gasteiger partial charge in [-0.05, 0) is 17.7 Å². The number of carbonyl (C=O) groups excluding carboxylic acids is 1. The maximum atomic E-state index is 14.4. The summed E-state index contributed by atoms with van der Waals surface area (Å²) in [6.07, 6.45) is 3.28. The number of nitrogens with zero attached hydrogens (tertiary/aromatic N) is 3. The molecular weight excluding hydrogens is 353 g/mol. The molecule has 2 aromatic rings. The minimum Gasteiger partial charge on any atom is -0.383 e. The van der Waals surface area contributed by atoms with Gasteiger partial charge in [-0.15, -0.1) is 0 Å². The lowest BCUT2D eigenvalue weighted by atomic mass is 10.1. The Morgan fingerprint density at radius 3 is 2.93 bits per heavy atom. The molecule has 0 spiro atoms. The molecule has 2 N–H and O–H groups in total. The highest BCUT2D eigenvalue weighted by Crippen LogP contribution is 2.21. The average Bonchev–Trinajstić information content (AvgIpc) is 3.12. The van der Waals surface area contributed by atoms with Crippen LogP contribution in [0, 0.1) is 5.82 Å². The molecule has 0 bridgehead atoms. The van der Waals surface area contributed by atoms with Gasteiger partial charge in [-0.25, -0.2) is 9.18 Å². The Morgan fingerprint density at radius 1 is 1.37 bits per heavy atom. The van der Waals surface area contributed by atoms with Gasteiger partial charge in [-0.3, -0.25) is 4.68 Å². The van der Waals surface area contributed by atoms with Gasteiger partial charge in [0.25, 0.3) is 0 Å². The van der Waals surface area contributed by atoms with E-state index in [0.717, 1.165) is 0 Å². The van der Waals surface area contributed by atoms with Crippen LogP contribution in [0.1, 0.15) is 5.56 Å². The van der Waals surface area contributed by atoms with Gasteiger partial charge in [-0.1, -0.05) is 6.07 Å². The predicted octanol–water partition coefficient (Wildman–Crippen LogP) is 1.83. The zero-order chi connectivity index (χ0) is 19.1. The summed E-state index contributed by atoms with van der Waals surface area (Å²) in [6.45, 7) is 3.93. The van der Waals surface area contributed by atoms with Gasteiger partial charge in [-0.2, -0.15) is 5.10 Å². The Balaban J connectivity index is 1.49. The number of halogens is 1. The molecule has 8 nitrogen and oxygen atoms in total. The Bertz CT molecular complexity index is 761. The predicted molar refractivity (Wildman–Crippen MR) is 99.4 cm³/mol. The molecular formula is C18H24FN5O3. The third kappa shape index (κ3) is 5.41. The summed E-state index contributed by atoms with van der Waals surface area (Å²) in [5.74, 6) is -0.295. The van der Waals surface area contributed by atoms with Crippen molar-refractivity contribution in [1.82, 2.24) is 15.1 Å². The number of morpholine rings is 1. The van der Waals surface area contributed by atoms with Crippen LogP contribution >= 0.6 is 0 Å². The molecule has 1 aromatic heterocycles. The lowest BCUT2D eigenvalue weighted by molar-refractivity contribution is 0.122. The van der Waals surface area contributed by atoms with E-state index < -0.39 is 0 Å². The first-order chi connectivity index (χ1) is 13.2. The number of hydrogen-bond donors (Lipinski definition) is 2. The first kappa shape index (κ1) is 19.1. The largest absolute Gasteiger partial charge is 0.383 e. The van der Waals surface area contributed by atoms with Crippen molar-refractivity contribution in [3.05, 3.63) is 42.0 Å². The molecule has 9 heteroatoms. The summed E-state index contributed by atoms with van der Waals surface area (Å²) >= 11 is 0. The molecule has 0 atom stereocenters. The van der Waals surface area contributed by atoms with Crippen LogP contribution in [0.4, 0.5) is 20.6 Å². The van der Waals surface area contributed by atoms with Crippen LogP contribution in [0.2, 0.25) is 0 Å². The number of carbonyl (C=O) groups is 1. The molecule has 0 saturated carbocycles.